The fraction of sp³-hybridized carbons (Fsp3) is 0.231. The van der Waals surface area contributed by atoms with Crippen molar-refractivity contribution >= 4 is 32.6 Å². The number of rotatable bonds is 5. The lowest BCUT2D eigenvalue weighted by Gasteiger charge is -2.08. The van der Waals surface area contributed by atoms with E-state index in [1.807, 2.05) is 36.6 Å². The Labute approximate surface area is 112 Å². The van der Waals surface area contributed by atoms with E-state index in [-0.39, 0.29) is 0 Å². The third kappa shape index (κ3) is 2.85. The lowest BCUT2D eigenvalue weighted by atomic mass is 10.1. The quantitative estimate of drug-likeness (QED) is 0.856. The van der Waals surface area contributed by atoms with E-state index in [0.717, 1.165) is 16.5 Å². The molecule has 1 N–H and O–H groups in total. The van der Waals surface area contributed by atoms with Gasteiger partial charge in [-0.15, -0.1) is 0 Å². The van der Waals surface area contributed by atoms with Gasteiger partial charge in [-0.05, 0) is 17.7 Å². The minimum atomic E-state index is -3.42. The largest absolute Gasteiger partial charge is 0.241 e. The Kier molecular flexibility index (Phi) is 4.27. The number of nitrogens with one attached hydrogen (secondary N) is 1. The van der Waals surface area contributed by atoms with E-state index < -0.39 is 10.0 Å². The summed E-state index contributed by atoms with van der Waals surface area (Å²) < 4.78 is 27.0. The maximum absolute atomic E-state index is 12.2. The van der Waals surface area contributed by atoms with Crippen LogP contribution in [0.4, 0.5) is 0 Å². The lowest BCUT2D eigenvalue weighted by molar-refractivity contribution is 0.585. The summed E-state index contributed by atoms with van der Waals surface area (Å²) >= 11 is 1.61. The van der Waals surface area contributed by atoms with Gasteiger partial charge in [0.25, 0.3) is 0 Å². The highest BCUT2D eigenvalue weighted by atomic mass is 32.2. The molecule has 0 aliphatic rings. The van der Waals surface area contributed by atoms with Gasteiger partial charge in [-0.3, -0.25) is 0 Å². The van der Waals surface area contributed by atoms with Crippen molar-refractivity contribution in [1.82, 2.24) is 4.72 Å². The summed E-state index contributed by atoms with van der Waals surface area (Å²) in [4.78, 5) is 0.349. The minimum absolute atomic E-state index is 0.349. The molecule has 96 valence electrons. The Bertz CT molecular complexity index is 633. The molecule has 0 bridgehead atoms. The summed E-state index contributed by atoms with van der Waals surface area (Å²) in [6.07, 6.45) is 1.95. The Morgan fingerprint density at radius 2 is 1.83 bits per heavy atom. The fourth-order valence-corrected chi connectivity index (χ4v) is 3.48. The molecule has 0 saturated carbocycles. The summed E-state index contributed by atoms with van der Waals surface area (Å²) in [6.45, 7) is 0.451. The zero-order valence-electron chi connectivity index (χ0n) is 10.1. The SMILES string of the molecule is CSCCNS(=O)(=O)c1cccc2ccccc12. The Morgan fingerprint density at radius 3 is 2.61 bits per heavy atom. The first kappa shape index (κ1) is 13.4. The molecule has 2 rings (SSSR count). The minimum Gasteiger partial charge on any atom is -0.210 e. The van der Waals surface area contributed by atoms with Gasteiger partial charge in [-0.1, -0.05) is 36.4 Å². The molecule has 0 heterocycles. The Balaban J connectivity index is 2.41. The monoisotopic (exact) mass is 281 g/mol. The molecule has 0 saturated heterocycles. The van der Waals surface area contributed by atoms with Gasteiger partial charge in [0.05, 0.1) is 4.90 Å². The van der Waals surface area contributed by atoms with Crippen LogP contribution in [-0.2, 0) is 10.0 Å². The highest BCUT2D eigenvalue weighted by Crippen LogP contribution is 2.22. The molecule has 0 spiro atoms. The molecular weight excluding hydrogens is 266 g/mol. The summed E-state index contributed by atoms with van der Waals surface area (Å²) in [5.74, 6) is 0.768. The highest BCUT2D eigenvalue weighted by Gasteiger charge is 2.15. The first-order valence-corrected chi connectivity index (χ1v) is 8.49. The van der Waals surface area contributed by atoms with Crippen molar-refractivity contribution < 1.29 is 8.42 Å². The molecule has 3 nitrogen and oxygen atoms in total. The van der Waals surface area contributed by atoms with E-state index in [1.165, 1.54) is 0 Å². The van der Waals surface area contributed by atoms with Crippen molar-refractivity contribution in [2.45, 2.75) is 4.90 Å². The predicted molar refractivity (Wildman–Crippen MR) is 77.5 cm³/mol. The van der Waals surface area contributed by atoms with Gasteiger partial charge in [0.2, 0.25) is 10.0 Å². The number of sulfonamides is 1. The van der Waals surface area contributed by atoms with Crippen LogP contribution in [0.5, 0.6) is 0 Å². The first-order valence-electron chi connectivity index (χ1n) is 5.61. The van der Waals surface area contributed by atoms with Crippen LogP contribution in [0.25, 0.3) is 10.8 Å². The van der Waals surface area contributed by atoms with Crippen molar-refractivity contribution in [2.24, 2.45) is 0 Å². The van der Waals surface area contributed by atoms with Crippen LogP contribution in [0.15, 0.2) is 47.4 Å². The van der Waals surface area contributed by atoms with Gasteiger partial charge in [-0.25, -0.2) is 13.1 Å². The highest BCUT2D eigenvalue weighted by molar-refractivity contribution is 7.98. The first-order chi connectivity index (χ1) is 8.65. The van der Waals surface area contributed by atoms with Crippen LogP contribution in [0.2, 0.25) is 0 Å². The summed E-state index contributed by atoms with van der Waals surface area (Å²) in [6, 6.07) is 12.8. The zero-order chi connectivity index (χ0) is 13.0. The normalized spacial score (nSPS) is 11.8. The maximum Gasteiger partial charge on any atom is 0.241 e. The molecular formula is C13H15NO2S2. The average Bonchev–Trinajstić information content (AvgIpc) is 2.38. The lowest BCUT2D eigenvalue weighted by Crippen LogP contribution is -2.26. The molecule has 0 amide bonds. The van der Waals surface area contributed by atoms with Gasteiger partial charge in [0.1, 0.15) is 0 Å². The Morgan fingerprint density at radius 1 is 1.11 bits per heavy atom. The molecule has 0 aliphatic heterocycles. The molecule has 0 unspecified atom stereocenters. The predicted octanol–water partition coefficient (Wildman–Crippen LogP) is 2.48. The van der Waals surface area contributed by atoms with Crippen LogP contribution < -0.4 is 4.72 Å². The molecule has 18 heavy (non-hydrogen) atoms. The molecule has 0 fully saturated rings. The third-order valence-corrected chi connectivity index (χ3v) is 4.77. The molecule has 0 radical (unpaired) electrons. The van der Waals surface area contributed by atoms with Gasteiger partial charge >= 0.3 is 0 Å². The second-order valence-corrected chi connectivity index (χ2v) is 6.59. The molecule has 0 aliphatic carbocycles. The molecule has 5 heteroatoms. The number of hydrogen-bond acceptors (Lipinski definition) is 3. The second-order valence-electron chi connectivity index (χ2n) is 3.87. The maximum atomic E-state index is 12.2. The molecule has 2 aromatic rings. The van der Waals surface area contributed by atoms with Gasteiger partial charge < -0.3 is 0 Å². The smallest absolute Gasteiger partial charge is 0.210 e. The van der Waals surface area contributed by atoms with Gasteiger partial charge in [0, 0.05) is 17.7 Å². The van der Waals surface area contributed by atoms with Crippen LogP contribution in [0.3, 0.4) is 0 Å². The summed E-state index contributed by atoms with van der Waals surface area (Å²) in [7, 11) is -3.42. The van der Waals surface area contributed by atoms with Crippen LogP contribution in [-0.4, -0.2) is 27.0 Å². The number of thioether (sulfide) groups is 1. The van der Waals surface area contributed by atoms with Gasteiger partial charge in [-0.2, -0.15) is 11.8 Å². The number of hydrogen-bond donors (Lipinski definition) is 1. The van der Waals surface area contributed by atoms with Gasteiger partial charge in [0.15, 0.2) is 0 Å². The van der Waals surface area contributed by atoms with Crippen molar-refractivity contribution in [3.05, 3.63) is 42.5 Å². The van der Waals surface area contributed by atoms with Crippen molar-refractivity contribution in [3.8, 4) is 0 Å². The third-order valence-electron chi connectivity index (χ3n) is 2.64. The average molecular weight is 281 g/mol. The summed E-state index contributed by atoms with van der Waals surface area (Å²) in [5, 5.41) is 1.70. The van der Waals surface area contributed by atoms with E-state index in [1.54, 1.807) is 23.9 Å². The van der Waals surface area contributed by atoms with Crippen molar-refractivity contribution in [2.75, 3.05) is 18.6 Å². The van der Waals surface area contributed by atoms with Crippen molar-refractivity contribution in [3.63, 3.8) is 0 Å². The molecule has 2 aromatic carbocycles. The Hall–Kier alpha value is -1.04. The van der Waals surface area contributed by atoms with E-state index >= 15 is 0 Å². The van der Waals surface area contributed by atoms with E-state index in [2.05, 4.69) is 4.72 Å². The van der Waals surface area contributed by atoms with Crippen LogP contribution in [0, 0.1) is 0 Å². The molecule has 0 aromatic heterocycles. The van der Waals surface area contributed by atoms with Crippen LogP contribution in [0.1, 0.15) is 0 Å². The zero-order valence-corrected chi connectivity index (χ0v) is 11.7. The summed E-state index contributed by atoms with van der Waals surface area (Å²) in [5.41, 5.74) is 0. The van der Waals surface area contributed by atoms with Crippen molar-refractivity contribution in [1.29, 1.82) is 0 Å². The molecule has 0 atom stereocenters. The topological polar surface area (TPSA) is 46.2 Å². The van der Waals surface area contributed by atoms with E-state index in [9.17, 15) is 8.42 Å². The van der Waals surface area contributed by atoms with E-state index in [4.69, 9.17) is 0 Å². The van der Waals surface area contributed by atoms with E-state index in [0.29, 0.717) is 11.4 Å². The fourth-order valence-electron chi connectivity index (χ4n) is 1.79. The standard InChI is InChI=1S/C13H15NO2S2/c1-17-10-9-14-18(15,16)13-8-4-6-11-5-2-3-7-12(11)13/h2-8,14H,9-10H2,1H3. The number of fused-ring (bicyclic) bond motifs is 1. The number of benzene rings is 2. The second kappa shape index (κ2) is 5.73. The van der Waals surface area contributed by atoms with Crippen LogP contribution >= 0.6 is 11.8 Å².